The molecule has 0 amide bonds. The minimum Gasteiger partial charge on any atom is -0.166 e. The van der Waals surface area contributed by atoms with E-state index in [0.29, 0.717) is 0 Å². The lowest BCUT2D eigenvalue weighted by Gasteiger charge is -2.29. The summed E-state index contributed by atoms with van der Waals surface area (Å²) in [6, 6.07) is 7.97. The molecule has 418 valence electrons. The molecule has 0 spiro atoms. The molecule has 0 fully saturated rings. The van der Waals surface area contributed by atoms with Crippen molar-refractivity contribution in [3.05, 3.63) is 183 Å². The standard InChI is InChI=1S/C52H32F24P2/c1-26(39-9-5-7-11-42(39)77(35-18-27(45(53,54)55)14-28(19-35)46(56,57)58)36-20-29(47(59,60)61)15-30(21-36)48(62,63)64)13-41(44(2,3)4)40-10-6-8-12-43(40)78(37-22-31(49(65,66)67)16-32(23-37)50(68,69)70)38-24-33(51(71,72)73)17-34(25-38)52(74,75)76/h5-12,14-25H,1-4H3. The third-order valence-corrected chi connectivity index (χ3v) is 16.2. The van der Waals surface area contributed by atoms with E-state index >= 15 is 0 Å². The number of hydrogen-bond acceptors (Lipinski definition) is 0. The van der Waals surface area contributed by atoms with Crippen molar-refractivity contribution in [1.29, 1.82) is 0 Å². The van der Waals surface area contributed by atoms with E-state index < -0.39 is 147 Å². The Morgan fingerprint density at radius 2 is 0.513 bits per heavy atom. The molecule has 0 unspecified atom stereocenters. The topological polar surface area (TPSA) is 0 Å². The van der Waals surface area contributed by atoms with Crippen LogP contribution in [0, 0.1) is 5.41 Å². The smallest absolute Gasteiger partial charge is 0.166 e. The van der Waals surface area contributed by atoms with Gasteiger partial charge in [-0.25, -0.2) is 0 Å². The zero-order valence-corrected chi connectivity index (χ0v) is 41.3. The Morgan fingerprint density at radius 3 is 0.731 bits per heavy atom. The lowest BCUT2D eigenvalue weighted by molar-refractivity contribution is -0.144. The molecule has 6 aromatic carbocycles. The number of halogens is 24. The third kappa shape index (κ3) is 14.1. The van der Waals surface area contributed by atoms with Crippen LogP contribution in [0.4, 0.5) is 105 Å². The highest BCUT2D eigenvalue weighted by atomic mass is 31.1. The van der Waals surface area contributed by atoms with Crippen LogP contribution in [0.25, 0.3) is 11.1 Å². The van der Waals surface area contributed by atoms with Crippen LogP contribution in [0.5, 0.6) is 0 Å². The fraction of sp³-hybridized carbons (Fsp3) is 0.250. The highest BCUT2D eigenvalue weighted by Gasteiger charge is 2.44. The van der Waals surface area contributed by atoms with Gasteiger partial charge in [-0.2, -0.15) is 105 Å². The van der Waals surface area contributed by atoms with Crippen molar-refractivity contribution >= 4 is 58.8 Å². The number of hydrogen-bond donors (Lipinski definition) is 0. The molecule has 0 aliphatic heterocycles. The SMILES string of the molecule is CC(=C=C(c1ccccc1P(c1cc(C(F)(F)F)cc(C(F)(F)F)c1)c1cc(C(F)(F)F)cc(C(F)(F)F)c1)C(C)(C)C)c1ccccc1P(c1cc(C(F)(F)F)cc(C(F)(F)F)c1)c1cc(C(F)(F)F)cc(C(F)(F)F)c1. The molecule has 0 aromatic heterocycles. The van der Waals surface area contributed by atoms with E-state index in [4.69, 9.17) is 0 Å². The van der Waals surface area contributed by atoms with E-state index in [0.717, 1.165) is 43.3 Å². The summed E-state index contributed by atoms with van der Waals surface area (Å²) in [5.41, 5.74) is -16.1. The van der Waals surface area contributed by atoms with Crippen LogP contribution >= 0.6 is 15.8 Å². The quantitative estimate of drug-likeness (QED) is 0.0809. The highest BCUT2D eigenvalue weighted by molar-refractivity contribution is 7.80. The van der Waals surface area contributed by atoms with Crippen LogP contribution in [0.15, 0.2) is 127 Å². The monoisotopic (exact) mass is 1170 g/mol. The Hall–Kier alpha value is -5.98. The maximum absolute atomic E-state index is 14.4. The molecule has 0 heterocycles. The van der Waals surface area contributed by atoms with Gasteiger partial charge in [-0.1, -0.05) is 69.3 Å². The number of allylic oxidation sites excluding steroid dienone is 1. The van der Waals surface area contributed by atoms with Gasteiger partial charge in [-0.05, 0) is 150 Å². The number of rotatable bonds is 8. The van der Waals surface area contributed by atoms with Crippen LogP contribution in [0.2, 0.25) is 0 Å². The molecule has 0 nitrogen and oxygen atoms in total. The van der Waals surface area contributed by atoms with Gasteiger partial charge in [-0.15, -0.1) is 5.73 Å². The van der Waals surface area contributed by atoms with Crippen LogP contribution in [-0.4, -0.2) is 0 Å². The van der Waals surface area contributed by atoms with Crippen LogP contribution in [0.1, 0.15) is 83.3 Å². The van der Waals surface area contributed by atoms with E-state index in [9.17, 15) is 105 Å². The number of alkyl halides is 24. The Balaban J connectivity index is 1.80. The molecule has 78 heavy (non-hydrogen) atoms. The van der Waals surface area contributed by atoms with Gasteiger partial charge in [-0.3, -0.25) is 0 Å². The van der Waals surface area contributed by atoms with E-state index in [2.05, 4.69) is 5.73 Å². The Bertz CT molecular complexity index is 2990. The molecule has 0 radical (unpaired) electrons. The minimum absolute atomic E-state index is 0.0925. The molecule has 0 aliphatic rings. The fourth-order valence-electron chi connectivity index (χ4n) is 7.90. The normalized spacial score (nSPS) is 13.6. The van der Waals surface area contributed by atoms with E-state index in [1.54, 1.807) is 0 Å². The van der Waals surface area contributed by atoms with Crippen molar-refractivity contribution in [1.82, 2.24) is 0 Å². The van der Waals surface area contributed by atoms with E-state index in [-0.39, 0.29) is 95.1 Å². The van der Waals surface area contributed by atoms with Gasteiger partial charge in [0.2, 0.25) is 0 Å². The first-order chi connectivity index (χ1) is 35.3. The van der Waals surface area contributed by atoms with E-state index in [1.165, 1.54) is 32.9 Å². The maximum atomic E-state index is 14.4. The fourth-order valence-corrected chi connectivity index (χ4v) is 13.1. The number of benzene rings is 6. The zero-order chi connectivity index (χ0) is 58.9. The zero-order valence-electron chi connectivity index (χ0n) is 39.5. The molecule has 0 aliphatic carbocycles. The van der Waals surface area contributed by atoms with Crippen molar-refractivity contribution in [2.45, 2.75) is 77.1 Å². The summed E-state index contributed by atoms with van der Waals surface area (Å²) < 4.78 is 346. The summed E-state index contributed by atoms with van der Waals surface area (Å²) in [6.07, 6.45) is -44.9. The summed E-state index contributed by atoms with van der Waals surface area (Å²) in [6.45, 7) is 5.25. The average Bonchev–Trinajstić information content (AvgIpc) is 3.28. The van der Waals surface area contributed by atoms with Crippen LogP contribution in [-0.2, 0) is 49.4 Å². The predicted octanol–water partition coefficient (Wildman–Crippen LogP) is 17.5. The Labute approximate surface area is 428 Å². The highest BCUT2D eigenvalue weighted by Crippen LogP contribution is 2.48. The molecule has 0 saturated heterocycles. The van der Waals surface area contributed by atoms with Crippen molar-refractivity contribution < 1.29 is 105 Å². The second kappa shape index (κ2) is 20.9. The summed E-state index contributed by atoms with van der Waals surface area (Å²) in [5.74, 6) is 0. The van der Waals surface area contributed by atoms with Gasteiger partial charge in [0.1, 0.15) is 0 Å². The van der Waals surface area contributed by atoms with Crippen molar-refractivity contribution in [2.24, 2.45) is 5.41 Å². The second-order valence-electron chi connectivity index (χ2n) is 18.1. The first-order valence-corrected chi connectivity index (χ1v) is 24.4. The molecule has 0 N–H and O–H groups in total. The molecule has 0 bridgehead atoms. The molecule has 26 heteroatoms. The van der Waals surface area contributed by atoms with Gasteiger partial charge >= 0.3 is 49.4 Å². The molecule has 6 rings (SSSR count). The summed E-state index contributed by atoms with van der Waals surface area (Å²) >= 11 is 0. The van der Waals surface area contributed by atoms with E-state index in [1.807, 2.05) is 0 Å². The summed E-state index contributed by atoms with van der Waals surface area (Å²) in [7, 11) is -6.87. The van der Waals surface area contributed by atoms with Gasteiger partial charge in [0.25, 0.3) is 0 Å². The summed E-state index contributed by atoms with van der Waals surface area (Å²) in [5, 5.41) is -5.39. The Kier molecular flexibility index (Phi) is 16.4. The maximum Gasteiger partial charge on any atom is 0.416 e. The molecular weight excluding hydrogens is 1140 g/mol. The van der Waals surface area contributed by atoms with Gasteiger partial charge in [0.15, 0.2) is 0 Å². The Morgan fingerprint density at radius 1 is 0.308 bits per heavy atom. The second-order valence-corrected chi connectivity index (χ2v) is 22.5. The lowest BCUT2D eigenvalue weighted by atomic mass is 9.82. The van der Waals surface area contributed by atoms with Gasteiger partial charge in [0, 0.05) is 5.57 Å². The average molecular weight is 1170 g/mol. The molecule has 0 saturated carbocycles. The summed E-state index contributed by atoms with van der Waals surface area (Å²) in [4.78, 5) is 0. The molecular formula is C52H32F24P2. The van der Waals surface area contributed by atoms with Crippen LogP contribution < -0.4 is 31.8 Å². The van der Waals surface area contributed by atoms with Gasteiger partial charge in [0.05, 0.1) is 44.5 Å². The first-order valence-electron chi connectivity index (χ1n) is 21.7. The first kappa shape index (κ1) is 61.2. The molecule has 0 atom stereocenters. The van der Waals surface area contributed by atoms with Crippen molar-refractivity contribution in [3.63, 3.8) is 0 Å². The lowest BCUT2D eigenvalue weighted by Crippen LogP contribution is -2.28. The van der Waals surface area contributed by atoms with Crippen molar-refractivity contribution in [2.75, 3.05) is 0 Å². The third-order valence-electron chi connectivity index (χ3n) is 11.3. The predicted molar refractivity (Wildman–Crippen MR) is 246 cm³/mol. The molecule has 6 aromatic rings. The minimum atomic E-state index is -5.62. The van der Waals surface area contributed by atoms with Gasteiger partial charge < -0.3 is 0 Å². The largest absolute Gasteiger partial charge is 0.416 e. The van der Waals surface area contributed by atoms with Crippen molar-refractivity contribution in [3.8, 4) is 0 Å². The van der Waals surface area contributed by atoms with Crippen LogP contribution in [0.3, 0.4) is 0 Å².